The summed E-state index contributed by atoms with van der Waals surface area (Å²) in [5.74, 6) is 0.488. The van der Waals surface area contributed by atoms with E-state index in [1.54, 1.807) is 24.3 Å². The van der Waals surface area contributed by atoms with Crippen molar-refractivity contribution in [2.75, 3.05) is 5.32 Å². The molecule has 1 heterocycles. The van der Waals surface area contributed by atoms with E-state index in [-0.39, 0.29) is 5.56 Å². The van der Waals surface area contributed by atoms with Gasteiger partial charge in [0.15, 0.2) is 5.82 Å². The van der Waals surface area contributed by atoms with Crippen LogP contribution in [0.4, 0.5) is 11.5 Å². The SMILES string of the molecule is N#Cc1ccccc1Nc1ccc(=O)[nH]n1. The second-order valence-corrected chi connectivity index (χ2v) is 3.09. The van der Waals surface area contributed by atoms with E-state index in [1.807, 2.05) is 6.07 Å². The smallest absolute Gasteiger partial charge is 0.264 e. The lowest BCUT2D eigenvalue weighted by molar-refractivity contribution is 0.994. The van der Waals surface area contributed by atoms with Crippen molar-refractivity contribution in [2.24, 2.45) is 0 Å². The van der Waals surface area contributed by atoms with Gasteiger partial charge in [-0.25, -0.2) is 5.10 Å². The first-order chi connectivity index (χ1) is 7.79. The number of nitrogens with zero attached hydrogens (tertiary/aromatic N) is 2. The zero-order chi connectivity index (χ0) is 11.4. The average Bonchev–Trinajstić information content (AvgIpc) is 2.33. The summed E-state index contributed by atoms with van der Waals surface area (Å²) in [6.45, 7) is 0. The molecule has 0 unspecified atom stereocenters. The Kier molecular flexibility index (Phi) is 2.65. The first-order valence-electron chi connectivity index (χ1n) is 4.61. The molecule has 2 N–H and O–H groups in total. The van der Waals surface area contributed by atoms with Crippen LogP contribution in [0.5, 0.6) is 0 Å². The number of para-hydroxylation sites is 1. The van der Waals surface area contributed by atoms with E-state index in [0.717, 1.165) is 0 Å². The molecule has 0 radical (unpaired) electrons. The lowest BCUT2D eigenvalue weighted by Gasteiger charge is -2.05. The average molecular weight is 212 g/mol. The van der Waals surface area contributed by atoms with Crippen molar-refractivity contribution in [3.8, 4) is 6.07 Å². The second kappa shape index (κ2) is 4.28. The predicted octanol–water partition coefficient (Wildman–Crippen LogP) is 1.39. The Morgan fingerprint density at radius 3 is 2.75 bits per heavy atom. The third kappa shape index (κ3) is 2.07. The maximum absolute atomic E-state index is 10.8. The van der Waals surface area contributed by atoms with Crippen molar-refractivity contribution in [3.63, 3.8) is 0 Å². The van der Waals surface area contributed by atoms with Gasteiger partial charge in [0.2, 0.25) is 0 Å². The molecule has 2 rings (SSSR count). The standard InChI is InChI=1S/C11H8N4O/c12-7-8-3-1-2-4-9(8)13-10-5-6-11(16)15-14-10/h1-6H,(H,13,14)(H,15,16). The molecular weight excluding hydrogens is 204 g/mol. The van der Waals surface area contributed by atoms with Gasteiger partial charge in [0.25, 0.3) is 5.56 Å². The van der Waals surface area contributed by atoms with Crippen LogP contribution in [0.2, 0.25) is 0 Å². The summed E-state index contributed by atoms with van der Waals surface area (Å²) in [4.78, 5) is 10.8. The minimum atomic E-state index is -0.265. The molecule has 0 aliphatic heterocycles. The van der Waals surface area contributed by atoms with Crippen LogP contribution in [-0.4, -0.2) is 10.2 Å². The molecule has 0 aliphatic carbocycles. The van der Waals surface area contributed by atoms with Gasteiger partial charge in [0, 0.05) is 6.07 Å². The Morgan fingerprint density at radius 2 is 2.06 bits per heavy atom. The fourth-order valence-electron chi connectivity index (χ4n) is 1.24. The number of nitriles is 1. The summed E-state index contributed by atoms with van der Waals surface area (Å²) >= 11 is 0. The topological polar surface area (TPSA) is 81.6 Å². The van der Waals surface area contributed by atoms with E-state index >= 15 is 0 Å². The molecule has 0 saturated heterocycles. The highest BCUT2D eigenvalue weighted by atomic mass is 16.1. The quantitative estimate of drug-likeness (QED) is 0.788. The van der Waals surface area contributed by atoms with Gasteiger partial charge in [-0.3, -0.25) is 4.79 Å². The van der Waals surface area contributed by atoms with Gasteiger partial charge < -0.3 is 5.32 Å². The minimum Gasteiger partial charge on any atom is -0.338 e. The fraction of sp³-hybridized carbons (Fsp3) is 0. The zero-order valence-corrected chi connectivity index (χ0v) is 8.27. The van der Waals surface area contributed by atoms with Crippen molar-refractivity contribution in [1.29, 1.82) is 5.26 Å². The van der Waals surface area contributed by atoms with E-state index < -0.39 is 0 Å². The van der Waals surface area contributed by atoms with E-state index in [1.165, 1.54) is 6.07 Å². The molecule has 78 valence electrons. The second-order valence-electron chi connectivity index (χ2n) is 3.09. The molecule has 0 bridgehead atoms. The number of rotatable bonds is 2. The number of aromatic amines is 1. The third-order valence-electron chi connectivity index (χ3n) is 1.99. The number of H-pyrrole nitrogens is 1. The molecule has 0 fully saturated rings. The van der Waals surface area contributed by atoms with Crippen LogP contribution >= 0.6 is 0 Å². The van der Waals surface area contributed by atoms with Gasteiger partial charge >= 0.3 is 0 Å². The van der Waals surface area contributed by atoms with Crippen molar-refractivity contribution in [2.45, 2.75) is 0 Å². The number of hydrogen-bond donors (Lipinski definition) is 2. The molecule has 2 aromatic rings. The predicted molar refractivity (Wildman–Crippen MR) is 59.3 cm³/mol. The monoisotopic (exact) mass is 212 g/mol. The number of nitrogens with one attached hydrogen (secondary N) is 2. The first kappa shape index (κ1) is 9.93. The van der Waals surface area contributed by atoms with Crippen LogP contribution in [0.25, 0.3) is 0 Å². The molecule has 0 spiro atoms. The lowest BCUT2D eigenvalue weighted by atomic mass is 10.2. The van der Waals surface area contributed by atoms with Crippen LogP contribution in [0.1, 0.15) is 5.56 Å². The normalized spacial score (nSPS) is 9.44. The third-order valence-corrected chi connectivity index (χ3v) is 1.99. The summed E-state index contributed by atoms with van der Waals surface area (Å²) in [6.07, 6.45) is 0. The highest BCUT2D eigenvalue weighted by Gasteiger charge is 2.01. The molecular formula is C11H8N4O. The molecule has 0 aliphatic rings. The minimum absolute atomic E-state index is 0.265. The van der Waals surface area contributed by atoms with Gasteiger partial charge in [-0.05, 0) is 18.2 Å². The zero-order valence-electron chi connectivity index (χ0n) is 8.27. The highest BCUT2D eigenvalue weighted by molar-refractivity contribution is 5.63. The molecule has 0 amide bonds. The molecule has 1 aromatic carbocycles. The Hall–Kier alpha value is -2.61. The maximum Gasteiger partial charge on any atom is 0.264 e. The van der Waals surface area contributed by atoms with Gasteiger partial charge in [0.05, 0.1) is 11.3 Å². The molecule has 5 heteroatoms. The Bertz CT molecular complexity index is 577. The van der Waals surface area contributed by atoms with Crippen LogP contribution in [-0.2, 0) is 0 Å². The Morgan fingerprint density at radius 1 is 1.25 bits per heavy atom. The van der Waals surface area contributed by atoms with Gasteiger partial charge in [0.1, 0.15) is 6.07 Å². The number of hydrogen-bond acceptors (Lipinski definition) is 4. The number of aromatic nitrogens is 2. The van der Waals surface area contributed by atoms with Crippen LogP contribution in [0.3, 0.4) is 0 Å². The molecule has 1 aromatic heterocycles. The van der Waals surface area contributed by atoms with Crippen molar-refractivity contribution in [3.05, 3.63) is 52.3 Å². The summed E-state index contributed by atoms with van der Waals surface area (Å²) < 4.78 is 0. The summed E-state index contributed by atoms with van der Waals surface area (Å²) in [5, 5.41) is 17.9. The summed E-state index contributed by atoms with van der Waals surface area (Å²) in [7, 11) is 0. The van der Waals surface area contributed by atoms with Gasteiger partial charge in [-0.2, -0.15) is 10.4 Å². The van der Waals surface area contributed by atoms with Crippen LogP contribution < -0.4 is 10.9 Å². The van der Waals surface area contributed by atoms with Crippen molar-refractivity contribution in [1.82, 2.24) is 10.2 Å². The van der Waals surface area contributed by atoms with Gasteiger partial charge in [-0.1, -0.05) is 12.1 Å². The Balaban J connectivity index is 2.31. The van der Waals surface area contributed by atoms with E-state index in [9.17, 15) is 4.79 Å². The summed E-state index contributed by atoms with van der Waals surface area (Å²) in [6, 6.07) is 12.0. The number of anilines is 2. The van der Waals surface area contributed by atoms with Crippen LogP contribution in [0.15, 0.2) is 41.2 Å². The van der Waals surface area contributed by atoms with Crippen LogP contribution in [0, 0.1) is 11.3 Å². The molecule has 5 nitrogen and oxygen atoms in total. The van der Waals surface area contributed by atoms with Crippen molar-refractivity contribution >= 4 is 11.5 Å². The van der Waals surface area contributed by atoms with Gasteiger partial charge in [-0.15, -0.1) is 0 Å². The number of benzene rings is 1. The van der Waals surface area contributed by atoms with E-state index in [4.69, 9.17) is 5.26 Å². The fourth-order valence-corrected chi connectivity index (χ4v) is 1.24. The lowest BCUT2D eigenvalue weighted by Crippen LogP contribution is -2.07. The summed E-state index contributed by atoms with van der Waals surface area (Å²) in [5.41, 5.74) is 0.916. The van der Waals surface area contributed by atoms with E-state index in [2.05, 4.69) is 21.6 Å². The van der Waals surface area contributed by atoms with E-state index in [0.29, 0.717) is 17.1 Å². The maximum atomic E-state index is 10.8. The molecule has 0 saturated carbocycles. The highest BCUT2D eigenvalue weighted by Crippen LogP contribution is 2.17. The largest absolute Gasteiger partial charge is 0.338 e. The molecule has 16 heavy (non-hydrogen) atoms. The Labute approximate surface area is 91.4 Å². The molecule has 0 atom stereocenters. The first-order valence-corrected chi connectivity index (χ1v) is 4.61. The van der Waals surface area contributed by atoms with Crippen molar-refractivity contribution < 1.29 is 0 Å².